The second-order valence-electron chi connectivity index (χ2n) is 4.74. The third-order valence-electron chi connectivity index (χ3n) is 3.11. The molecule has 2 aromatic rings. The molecule has 0 amide bonds. The van der Waals surface area contributed by atoms with E-state index in [1.165, 1.54) is 21.8 Å². The van der Waals surface area contributed by atoms with Gasteiger partial charge in [0.15, 0.2) is 0 Å². The molecular weight excluding hydrogens is 332 g/mol. The summed E-state index contributed by atoms with van der Waals surface area (Å²) in [5.41, 5.74) is 0. The van der Waals surface area contributed by atoms with Crippen molar-refractivity contribution >= 4 is 33.0 Å². The number of halogens is 1. The van der Waals surface area contributed by atoms with Gasteiger partial charge in [0.1, 0.15) is 10.3 Å². The van der Waals surface area contributed by atoms with Gasteiger partial charge in [-0.25, -0.2) is 13.4 Å². The molecule has 2 aromatic heterocycles. The average molecular weight is 345 g/mol. The minimum Gasteiger partial charge on any atom is -0.472 e. The average Bonchev–Trinajstić information content (AvgIpc) is 2.83. The fourth-order valence-corrected chi connectivity index (χ4v) is 5.00. The van der Waals surface area contributed by atoms with Crippen LogP contribution in [0.25, 0.3) is 0 Å². The van der Waals surface area contributed by atoms with Gasteiger partial charge in [-0.2, -0.15) is 4.31 Å². The van der Waals surface area contributed by atoms with Gasteiger partial charge in [-0.3, -0.25) is 0 Å². The van der Waals surface area contributed by atoms with Gasteiger partial charge in [-0.05, 0) is 25.1 Å². The Morgan fingerprint density at radius 3 is 2.67 bits per heavy atom. The van der Waals surface area contributed by atoms with Gasteiger partial charge < -0.3 is 4.74 Å². The van der Waals surface area contributed by atoms with E-state index in [0.29, 0.717) is 28.2 Å². The first kappa shape index (κ1) is 14.8. The van der Waals surface area contributed by atoms with Crippen molar-refractivity contribution in [2.45, 2.75) is 17.2 Å². The van der Waals surface area contributed by atoms with Crippen molar-refractivity contribution in [2.75, 3.05) is 13.1 Å². The van der Waals surface area contributed by atoms with E-state index >= 15 is 0 Å². The Balaban J connectivity index is 1.61. The Hall–Kier alpha value is -1.15. The van der Waals surface area contributed by atoms with E-state index in [1.807, 2.05) is 13.0 Å². The zero-order chi connectivity index (χ0) is 15.0. The first-order valence-corrected chi connectivity index (χ1v) is 8.93. The van der Waals surface area contributed by atoms with Crippen molar-refractivity contribution < 1.29 is 13.2 Å². The van der Waals surface area contributed by atoms with Gasteiger partial charge in [0.05, 0.1) is 18.1 Å². The molecule has 0 N–H and O–H groups in total. The third kappa shape index (κ3) is 3.06. The monoisotopic (exact) mass is 344 g/mol. The molecule has 1 saturated heterocycles. The molecule has 0 saturated carbocycles. The summed E-state index contributed by atoms with van der Waals surface area (Å²) in [5, 5.41) is 0.535. The van der Waals surface area contributed by atoms with Crippen molar-refractivity contribution in [3.05, 3.63) is 40.4 Å². The number of ether oxygens (including phenoxy) is 1. The maximum Gasteiger partial charge on any atom is 0.252 e. The molecule has 0 unspecified atom stereocenters. The van der Waals surface area contributed by atoms with Crippen molar-refractivity contribution in [1.82, 2.24) is 9.29 Å². The maximum absolute atomic E-state index is 12.3. The number of nitrogens with zero attached hydrogens (tertiary/aromatic N) is 2. The highest BCUT2D eigenvalue weighted by atomic mass is 35.5. The molecule has 21 heavy (non-hydrogen) atoms. The van der Waals surface area contributed by atoms with E-state index in [1.54, 1.807) is 18.2 Å². The van der Waals surface area contributed by atoms with Crippen LogP contribution < -0.4 is 4.74 Å². The molecule has 0 aliphatic carbocycles. The molecule has 3 heterocycles. The molecule has 0 atom stereocenters. The minimum atomic E-state index is -3.38. The Morgan fingerprint density at radius 1 is 1.33 bits per heavy atom. The Bertz CT molecular complexity index is 737. The van der Waals surface area contributed by atoms with Gasteiger partial charge in [-0.15, -0.1) is 11.3 Å². The predicted molar refractivity (Wildman–Crippen MR) is 81.5 cm³/mol. The minimum absolute atomic E-state index is 0.172. The molecule has 0 spiro atoms. The third-order valence-corrected chi connectivity index (χ3v) is 6.64. The molecule has 0 bridgehead atoms. The Morgan fingerprint density at radius 2 is 2.10 bits per heavy atom. The molecule has 8 heteroatoms. The van der Waals surface area contributed by atoms with Crippen molar-refractivity contribution in [3.63, 3.8) is 0 Å². The van der Waals surface area contributed by atoms with Gasteiger partial charge in [-0.1, -0.05) is 11.6 Å². The molecular formula is C13H13ClN2O3S2. The molecule has 1 aliphatic heterocycles. The maximum atomic E-state index is 12.3. The zero-order valence-corrected chi connectivity index (χ0v) is 13.6. The Labute approximate surface area is 132 Å². The van der Waals surface area contributed by atoms with E-state index < -0.39 is 10.0 Å². The standard InChI is InChI=1S/C13H13ClN2O3S2/c1-9-2-5-13(20-9)21(17,18)16-7-11(8-16)19-12-4-3-10(14)6-15-12/h2-6,11H,7-8H2,1H3. The highest BCUT2D eigenvalue weighted by Gasteiger charge is 2.38. The molecule has 3 rings (SSSR count). The summed E-state index contributed by atoms with van der Waals surface area (Å²) in [6.07, 6.45) is 1.33. The van der Waals surface area contributed by atoms with Crippen LogP contribution in [0.5, 0.6) is 5.88 Å². The fourth-order valence-electron chi connectivity index (χ4n) is 1.95. The van der Waals surface area contributed by atoms with E-state index in [-0.39, 0.29) is 6.10 Å². The van der Waals surface area contributed by atoms with Crippen LogP contribution in [-0.4, -0.2) is 36.9 Å². The lowest BCUT2D eigenvalue weighted by atomic mass is 10.2. The lowest BCUT2D eigenvalue weighted by molar-refractivity contribution is 0.0722. The van der Waals surface area contributed by atoms with Gasteiger partial charge in [0, 0.05) is 17.1 Å². The van der Waals surface area contributed by atoms with Crippen molar-refractivity contribution in [1.29, 1.82) is 0 Å². The first-order valence-electron chi connectivity index (χ1n) is 6.30. The summed E-state index contributed by atoms with van der Waals surface area (Å²) in [6, 6.07) is 6.81. The zero-order valence-electron chi connectivity index (χ0n) is 11.2. The summed E-state index contributed by atoms with van der Waals surface area (Å²) in [4.78, 5) is 5.01. The van der Waals surface area contributed by atoms with E-state index in [4.69, 9.17) is 16.3 Å². The second-order valence-corrected chi connectivity index (χ2v) is 8.63. The number of sulfonamides is 1. The molecule has 5 nitrogen and oxygen atoms in total. The van der Waals surface area contributed by atoms with E-state index in [2.05, 4.69) is 4.98 Å². The van der Waals surface area contributed by atoms with E-state index in [9.17, 15) is 8.42 Å². The summed E-state index contributed by atoms with van der Waals surface area (Å²) in [5.74, 6) is 0.452. The second kappa shape index (κ2) is 5.57. The van der Waals surface area contributed by atoms with Gasteiger partial charge in [0.25, 0.3) is 10.0 Å². The van der Waals surface area contributed by atoms with Crippen LogP contribution >= 0.6 is 22.9 Å². The van der Waals surface area contributed by atoms with Crippen LogP contribution in [0, 0.1) is 6.92 Å². The number of rotatable bonds is 4. The topological polar surface area (TPSA) is 59.5 Å². The van der Waals surface area contributed by atoms with Gasteiger partial charge in [0.2, 0.25) is 5.88 Å². The number of pyridine rings is 1. The van der Waals surface area contributed by atoms with Crippen molar-refractivity contribution in [2.24, 2.45) is 0 Å². The number of hydrogen-bond acceptors (Lipinski definition) is 5. The van der Waals surface area contributed by atoms with Crippen LogP contribution in [0.2, 0.25) is 5.02 Å². The van der Waals surface area contributed by atoms with E-state index in [0.717, 1.165) is 4.88 Å². The normalized spacial score (nSPS) is 16.7. The highest BCUT2D eigenvalue weighted by Crippen LogP contribution is 2.28. The lowest BCUT2D eigenvalue weighted by Gasteiger charge is -2.37. The summed E-state index contributed by atoms with van der Waals surface area (Å²) in [6.45, 7) is 2.56. The summed E-state index contributed by atoms with van der Waals surface area (Å²) < 4.78 is 32.0. The SMILES string of the molecule is Cc1ccc(S(=O)(=O)N2CC(Oc3ccc(Cl)cn3)C2)s1. The predicted octanol–water partition coefficient (Wildman–Crippen LogP) is 2.56. The number of thiophene rings is 1. The van der Waals surface area contributed by atoms with Crippen molar-refractivity contribution in [3.8, 4) is 5.88 Å². The largest absolute Gasteiger partial charge is 0.472 e. The quantitative estimate of drug-likeness (QED) is 0.855. The van der Waals surface area contributed by atoms with Crippen LogP contribution in [0.1, 0.15) is 4.88 Å². The number of aromatic nitrogens is 1. The van der Waals surface area contributed by atoms with Crippen LogP contribution in [0.4, 0.5) is 0 Å². The van der Waals surface area contributed by atoms with Gasteiger partial charge >= 0.3 is 0 Å². The fraction of sp³-hybridized carbons (Fsp3) is 0.308. The Kier molecular flexibility index (Phi) is 3.92. The molecule has 1 aliphatic rings. The van der Waals surface area contributed by atoms with Crippen LogP contribution in [0.3, 0.4) is 0 Å². The molecule has 0 aromatic carbocycles. The van der Waals surface area contributed by atoms with Crippen LogP contribution in [0.15, 0.2) is 34.7 Å². The lowest BCUT2D eigenvalue weighted by Crippen LogP contribution is -2.55. The number of aryl methyl sites for hydroxylation is 1. The highest BCUT2D eigenvalue weighted by molar-refractivity contribution is 7.91. The number of hydrogen-bond donors (Lipinski definition) is 0. The summed E-state index contributed by atoms with van der Waals surface area (Å²) >= 11 is 7.03. The smallest absolute Gasteiger partial charge is 0.252 e. The summed E-state index contributed by atoms with van der Waals surface area (Å²) in [7, 11) is -3.38. The molecule has 0 radical (unpaired) electrons. The molecule has 112 valence electrons. The molecule has 1 fully saturated rings. The first-order chi connectivity index (χ1) is 9.95. The van der Waals surface area contributed by atoms with Crippen LogP contribution in [-0.2, 0) is 10.0 Å².